The molecule has 0 saturated heterocycles. The van der Waals surface area contributed by atoms with E-state index in [1.807, 2.05) is 12.1 Å². The monoisotopic (exact) mass is 271 g/mol. The van der Waals surface area contributed by atoms with Crippen LogP contribution >= 0.6 is 15.9 Å². The first kappa shape index (κ1) is 11.1. The van der Waals surface area contributed by atoms with Crippen molar-refractivity contribution in [1.82, 2.24) is 5.32 Å². The van der Waals surface area contributed by atoms with Crippen LogP contribution in [0.4, 0.5) is 4.39 Å². The van der Waals surface area contributed by atoms with Crippen molar-refractivity contribution in [3.05, 3.63) is 34.1 Å². The van der Waals surface area contributed by atoms with E-state index in [0.717, 1.165) is 24.6 Å². The Morgan fingerprint density at radius 1 is 1.40 bits per heavy atom. The van der Waals surface area contributed by atoms with E-state index in [-0.39, 0.29) is 5.82 Å². The predicted octanol–water partition coefficient (Wildman–Crippen LogP) is 3.48. The maximum atomic E-state index is 12.9. The highest BCUT2D eigenvalue weighted by molar-refractivity contribution is 9.10. The van der Waals surface area contributed by atoms with Crippen molar-refractivity contribution in [2.45, 2.75) is 25.8 Å². The number of rotatable bonds is 5. The number of halogens is 2. The lowest BCUT2D eigenvalue weighted by Gasteiger charge is -2.05. The maximum Gasteiger partial charge on any atom is 0.137 e. The molecule has 82 valence electrons. The normalized spacial score (nSPS) is 15.6. The number of hydrogen-bond donors (Lipinski definition) is 1. The van der Waals surface area contributed by atoms with Gasteiger partial charge < -0.3 is 5.32 Å². The molecule has 0 heterocycles. The van der Waals surface area contributed by atoms with Gasteiger partial charge in [-0.05, 0) is 52.5 Å². The first-order valence-electron chi connectivity index (χ1n) is 5.40. The van der Waals surface area contributed by atoms with E-state index in [1.54, 1.807) is 0 Å². The minimum Gasteiger partial charge on any atom is -0.313 e. The van der Waals surface area contributed by atoms with Crippen LogP contribution in [0, 0.1) is 11.7 Å². The summed E-state index contributed by atoms with van der Waals surface area (Å²) in [5.41, 5.74) is 1.12. The minimum atomic E-state index is -0.197. The lowest BCUT2D eigenvalue weighted by Crippen LogP contribution is -2.15. The number of hydrogen-bond acceptors (Lipinski definition) is 1. The first-order chi connectivity index (χ1) is 7.25. The van der Waals surface area contributed by atoms with E-state index in [9.17, 15) is 4.39 Å². The molecule has 1 aliphatic carbocycles. The molecule has 1 aromatic rings. The fourth-order valence-electron chi connectivity index (χ4n) is 1.60. The summed E-state index contributed by atoms with van der Waals surface area (Å²) in [7, 11) is 0. The van der Waals surface area contributed by atoms with Crippen molar-refractivity contribution in [3.63, 3.8) is 0 Å². The van der Waals surface area contributed by atoms with E-state index in [1.165, 1.54) is 25.3 Å². The highest BCUT2D eigenvalue weighted by atomic mass is 79.9. The standard InChI is InChI=1S/C12H15BrFN/c13-11-7-10(3-4-12(11)14)8-15-6-5-9-1-2-9/h3-4,7,9,15H,1-2,5-6,8H2. The Morgan fingerprint density at radius 2 is 2.20 bits per heavy atom. The van der Waals surface area contributed by atoms with Gasteiger partial charge in [0.2, 0.25) is 0 Å². The van der Waals surface area contributed by atoms with E-state index in [4.69, 9.17) is 0 Å². The summed E-state index contributed by atoms with van der Waals surface area (Å²) in [6.45, 7) is 1.89. The first-order valence-corrected chi connectivity index (χ1v) is 6.19. The van der Waals surface area contributed by atoms with Crippen LogP contribution in [-0.2, 0) is 6.54 Å². The number of nitrogens with one attached hydrogen (secondary N) is 1. The Hall–Kier alpha value is -0.410. The summed E-state index contributed by atoms with van der Waals surface area (Å²) in [5.74, 6) is 0.772. The Bertz CT molecular complexity index is 336. The maximum absolute atomic E-state index is 12.9. The van der Waals surface area contributed by atoms with Gasteiger partial charge in [0.1, 0.15) is 5.82 Å². The van der Waals surface area contributed by atoms with Crippen molar-refractivity contribution in [2.75, 3.05) is 6.54 Å². The molecule has 1 aromatic carbocycles. The van der Waals surface area contributed by atoms with Gasteiger partial charge in [-0.25, -0.2) is 4.39 Å². The van der Waals surface area contributed by atoms with Crippen LogP contribution in [0.25, 0.3) is 0 Å². The van der Waals surface area contributed by atoms with Gasteiger partial charge in [0, 0.05) is 6.54 Å². The van der Waals surface area contributed by atoms with Gasteiger partial charge in [-0.1, -0.05) is 18.9 Å². The molecule has 1 nitrogen and oxygen atoms in total. The summed E-state index contributed by atoms with van der Waals surface area (Å²) in [6, 6.07) is 5.16. The molecule has 0 amide bonds. The van der Waals surface area contributed by atoms with Gasteiger partial charge >= 0.3 is 0 Å². The van der Waals surface area contributed by atoms with Crippen LogP contribution in [0.3, 0.4) is 0 Å². The van der Waals surface area contributed by atoms with E-state index < -0.39 is 0 Å². The molecule has 0 atom stereocenters. The molecule has 0 spiro atoms. The van der Waals surface area contributed by atoms with Crippen molar-refractivity contribution in [2.24, 2.45) is 5.92 Å². The average molecular weight is 272 g/mol. The van der Waals surface area contributed by atoms with Crippen molar-refractivity contribution in [3.8, 4) is 0 Å². The zero-order chi connectivity index (χ0) is 10.7. The molecule has 1 saturated carbocycles. The summed E-state index contributed by atoms with van der Waals surface area (Å²) >= 11 is 3.19. The molecular formula is C12H15BrFN. The van der Waals surface area contributed by atoms with Gasteiger partial charge in [0.05, 0.1) is 4.47 Å². The molecule has 1 fully saturated rings. The molecule has 0 bridgehead atoms. The zero-order valence-corrected chi connectivity index (χ0v) is 10.2. The van der Waals surface area contributed by atoms with E-state index >= 15 is 0 Å². The van der Waals surface area contributed by atoms with E-state index in [0.29, 0.717) is 4.47 Å². The Morgan fingerprint density at radius 3 is 2.87 bits per heavy atom. The lowest BCUT2D eigenvalue weighted by molar-refractivity contribution is 0.605. The van der Waals surface area contributed by atoms with Crippen molar-refractivity contribution < 1.29 is 4.39 Å². The molecule has 3 heteroatoms. The highest BCUT2D eigenvalue weighted by Crippen LogP contribution is 2.31. The largest absolute Gasteiger partial charge is 0.313 e. The third kappa shape index (κ3) is 3.58. The van der Waals surface area contributed by atoms with Crippen molar-refractivity contribution >= 4 is 15.9 Å². The molecule has 0 radical (unpaired) electrons. The number of benzene rings is 1. The Balaban J connectivity index is 1.74. The van der Waals surface area contributed by atoms with Crippen LogP contribution in [-0.4, -0.2) is 6.54 Å². The second kappa shape index (κ2) is 5.08. The van der Waals surface area contributed by atoms with Gasteiger partial charge in [-0.15, -0.1) is 0 Å². The Kier molecular flexibility index (Phi) is 3.76. The molecule has 1 N–H and O–H groups in total. The fourth-order valence-corrected chi connectivity index (χ4v) is 2.02. The van der Waals surface area contributed by atoms with Gasteiger partial charge in [-0.2, -0.15) is 0 Å². The third-order valence-electron chi connectivity index (χ3n) is 2.74. The summed E-state index contributed by atoms with van der Waals surface area (Å²) in [5, 5.41) is 3.38. The van der Waals surface area contributed by atoms with E-state index in [2.05, 4.69) is 21.2 Å². The second-order valence-corrected chi connectivity index (χ2v) is 5.01. The SMILES string of the molecule is Fc1ccc(CNCCC2CC2)cc1Br. The minimum absolute atomic E-state index is 0.197. The summed E-state index contributed by atoms with van der Waals surface area (Å²) < 4.78 is 13.5. The molecule has 0 unspecified atom stereocenters. The topological polar surface area (TPSA) is 12.0 Å². The van der Waals surface area contributed by atoms with Crippen LogP contribution in [0.15, 0.2) is 22.7 Å². The van der Waals surface area contributed by atoms with Crippen LogP contribution in [0.1, 0.15) is 24.8 Å². The van der Waals surface area contributed by atoms with Crippen molar-refractivity contribution in [1.29, 1.82) is 0 Å². The molecule has 0 aliphatic heterocycles. The lowest BCUT2D eigenvalue weighted by atomic mass is 10.2. The molecule has 2 rings (SSSR count). The molecular weight excluding hydrogens is 257 g/mol. The van der Waals surface area contributed by atoms with Gasteiger partial charge in [0.25, 0.3) is 0 Å². The third-order valence-corrected chi connectivity index (χ3v) is 3.35. The van der Waals surface area contributed by atoms with Gasteiger partial charge in [0.15, 0.2) is 0 Å². The molecule has 1 aliphatic rings. The summed E-state index contributed by atoms with van der Waals surface area (Å²) in [4.78, 5) is 0. The van der Waals surface area contributed by atoms with Crippen LogP contribution in [0.5, 0.6) is 0 Å². The average Bonchev–Trinajstić information content (AvgIpc) is 3.02. The van der Waals surface area contributed by atoms with Crippen LogP contribution in [0.2, 0.25) is 0 Å². The predicted molar refractivity (Wildman–Crippen MR) is 63.1 cm³/mol. The van der Waals surface area contributed by atoms with Crippen LogP contribution < -0.4 is 5.32 Å². The summed E-state index contributed by atoms with van der Waals surface area (Å²) in [6.07, 6.45) is 4.09. The fraction of sp³-hybridized carbons (Fsp3) is 0.500. The molecule has 15 heavy (non-hydrogen) atoms. The molecule has 0 aromatic heterocycles. The quantitative estimate of drug-likeness (QED) is 0.809. The van der Waals surface area contributed by atoms with Gasteiger partial charge in [-0.3, -0.25) is 0 Å². The zero-order valence-electron chi connectivity index (χ0n) is 8.60. The highest BCUT2D eigenvalue weighted by Gasteiger charge is 2.19. The smallest absolute Gasteiger partial charge is 0.137 e. The Labute approximate surface area is 98.2 Å². The second-order valence-electron chi connectivity index (χ2n) is 4.16.